The maximum absolute atomic E-state index is 5.78. The number of fused-ring (bicyclic) bond motifs is 1. The van der Waals surface area contributed by atoms with Crippen LogP contribution in [0.4, 0.5) is 0 Å². The quantitative estimate of drug-likeness (QED) is 0.548. The average molecular weight is 229 g/mol. The van der Waals surface area contributed by atoms with Crippen LogP contribution in [0, 0.1) is 6.92 Å². The molecule has 0 aliphatic carbocycles. The molecule has 0 aliphatic rings. The second-order valence-corrected chi connectivity index (χ2v) is 4.97. The zero-order chi connectivity index (χ0) is 9.42. The largest absolute Gasteiger partial charge is 0.143 e. The van der Waals surface area contributed by atoms with E-state index in [-0.39, 0.29) is 0 Å². The van der Waals surface area contributed by atoms with Crippen molar-refractivity contribution in [2.45, 2.75) is 17.7 Å². The number of hydrogen-bond acceptors (Lipinski definition) is 2. The Morgan fingerprint density at radius 2 is 2.15 bits per heavy atom. The topological polar surface area (TPSA) is 0 Å². The lowest BCUT2D eigenvalue weighted by molar-refractivity contribution is 1.43. The van der Waals surface area contributed by atoms with Crippen LogP contribution in [0.25, 0.3) is 10.1 Å². The van der Waals surface area contributed by atoms with E-state index in [4.69, 9.17) is 11.6 Å². The van der Waals surface area contributed by atoms with Crippen LogP contribution in [0.15, 0.2) is 23.1 Å². The Morgan fingerprint density at radius 3 is 2.85 bits per heavy atom. The minimum absolute atomic E-state index is 0.598. The average Bonchev–Trinajstić information content (AvgIpc) is 2.47. The SMILES string of the molecule is Cc1cc(S)cc2sc(CCl)cc12. The summed E-state index contributed by atoms with van der Waals surface area (Å²) in [6.07, 6.45) is 0. The Morgan fingerprint density at radius 1 is 1.38 bits per heavy atom. The van der Waals surface area contributed by atoms with Crippen LogP contribution in [0.5, 0.6) is 0 Å². The number of benzene rings is 1. The van der Waals surface area contributed by atoms with Gasteiger partial charge >= 0.3 is 0 Å². The molecule has 0 unspecified atom stereocenters. The first-order valence-corrected chi connectivity index (χ1v) is 5.78. The smallest absolute Gasteiger partial charge is 0.0568 e. The van der Waals surface area contributed by atoms with Gasteiger partial charge in [-0.1, -0.05) is 0 Å². The van der Waals surface area contributed by atoms with E-state index in [1.807, 2.05) is 0 Å². The van der Waals surface area contributed by atoms with Gasteiger partial charge in [0.05, 0.1) is 5.88 Å². The molecule has 1 heterocycles. The fourth-order valence-corrected chi connectivity index (χ4v) is 3.10. The fraction of sp³-hybridized carbons (Fsp3) is 0.200. The molecular formula is C10H9ClS2. The van der Waals surface area contributed by atoms with Crippen molar-refractivity contribution in [3.63, 3.8) is 0 Å². The van der Waals surface area contributed by atoms with Gasteiger partial charge in [-0.25, -0.2) is 0 Å². The van der Waals surface area contributed by atoms with E-state index in [1.165, 1.54) is 20.5 Å². The van der Waals surface area contributed by atoms with Crippen LogP contribution in [-0.2, 0) is 5.88 Å². The van der Waals surface area contributed by atoms with Crippen molar-refractivity contribution in [2.75, 3.05) is 0 Å². The molecular weight excluding hydrogens is 220 g/mol. The zero-order valence-corrected chi connectivity index (χ0v) is 9.64. The number of thiophene rings is 1. The molecule has 0 N–H and O–H groups in total. The fourth-order valence-electron chi connectivity index (χ4n) is 1.41. The first kappa shape index (κ1) is 9.38. The lowest BCUT2D eigenvalue weighted by Gasteiger charge is -1.96. The molecule has 68 valence electrons. The van der Waals surface area contributed by atoms with Gasteiger partial charge in [0.15, 0.2) is 0 Å². The Kier molecular flexibility index (Phi) is 2.54. The molecule has 0 aliphatic heterocycles. The number of alkyl halides is 1. The van der Waals surface area contributed by atoms with Crippen LogP contribution >= 0.6 is 35.6 Å². The van der Waals surface area contributed by atoms with E-state index in [1.54, 1.807) is 11.3 Å². The van der Waals surface area contributed by atoms with Crippen molar-refractivity contribution in [3.8, 4) is 0 Å². The second kappa shape index (κ2) is 3.52. The summed E-state index contributed by atoms with van der Waals surface area (Å²) in [7, 11) is 0. The lowest BCUT2D eigenvalue weighted by atomic mass is 10.1. The standard InChI is InChI=1S/C10H9ClS2/c1-6-2-7(12)3-10-9(6)4-8(5-11)13-10/h2-4,12H,5H2,1H3. The number of hydrogen-bond donors (Lipinski definition) is 1. The predicted molar refractivity (Wildman–Crippen MR) is 63.4 cm³/mol. The van der Waals surface area contributed by atoms with E-state index in [0.29, 0.717) is 5.88 Å². The van der Waals surface area contributed by atoms with Crippen LogP contribution in [0.2, 0.25) is 0 Å². The number of rotatable bonds is 1. The normalized spacial score (nSPS) is 11.0. The summed E-state index contributed by atoms with van der Waals surface area (Å²) in [5.74, 6) is 0.598. The molecule has 0 atom stereocenters. The summed E-state index contributed by atoms with van der Waals surface area (Å²) >= 11 is 11.9. The van der Waals surface area contributed by atoms with Crippen molar-refractivity contribution in [3.05, 3.63) is 28.6 Å². The molecule has 0 saturated heterocycles. The molecule has 0 fully saturated rings. The number of aryl methyl sites for hydroxylation is 1. The second-order valence-electron chi connectivity index (χ2n) is 3.02. The molecule has 3 heteroatoms. The molecule has 0 nitrogen and oxygen atoms in total. The van der Waals surface area contributed by atoms with Gasteiger partial charge in [0.1, 0.15) is 0 Å². The Balaban J connectivity index is 2.75. The molecule has 13 heavy (non-hydrogen) atoms. The first-order chi connectivity index (χ1) is 6.20. The van der Waals surface area contributed by atoms with Gasteiger partial charge in [-0.05, 0) is 36.1 Å². The van der Waals surface area contributed by atoms with Gasteiger partial charge in [-0.3, -0.25) is 0 Å². The molecule has 0 bridgehead atoms. The van der Waals surface area contributed by atoms with E-state index in [2.05, 4.69) is 37.8 Å². The number of thiol groups is 1. The van der Waals surface area contributed by atoms with Crippen LogP contribution in [0.1, 0.15) is 10.4 Å². The third-order valence-corrected chi connectivity index (χ3v) is 3.80. The highest BCUT2D eigenvalue weighted by Gasteiger charge is 2.03. The Bertz CT molecular complexity index is 445. The van der Waals surface area contributed by atoms with Gasteiger partial charge in [0, 0.05) is 14.5 Å². The van der Waals surface area contributed by atoms with E-state index in [9.17, 15) is 0 Å². The van der Waals surface area contributed by atoms with E-state index in [0.717, 1.165) is 4.90 Å². The lowest BCUT2D eigenvalue weighted by Crippen LogP contribution is -1.73. The van der Waals surface area contributed by atoms with Crippen molar-refractivity contribution in [2.24, 2.45) is 0 Å². The first-order valence-electron chi connectivity index (χ1n) is 3.98. The molecule has 0 saturated carbocycles. The molecule has 2 rings (SSSR count). The van der Waals surface area contributed by atoms with Crippen molar-refractivity contribution >= 4 is 45.7 Å². The summed E-state index contributed by atoms with van der Waals surface area (Å²) < 4.78 is 1.28. The molecule has 0 amide bonds. The van der Waals surface area contributed by atoms with E-state index >= 15 is 0 Å². The molecule has 1 aromatic carbocycles. The van der Waals surface area contributed by atoms with Gasteiger partial charge in [0.25, 0.3) is 0 Å². The Hall–Kier alpha value is -0.180. The third-order valence-electron chi connectivity index (χ3n) is 2.01. The summed E-state index contributed by atoms with van der Waals surface area (Å²) in [5, 5.41) is 1.30. The molecule has 1 aromatic heterocycles. The highest BCUT2D eigenvalue weighted by Crippen LogP contribution is 2.31. The van der Waals surface area contributed by atoms with E-state index < -0.39 is 0 Å². The molecule has 0 spiro atoms. The minimum atomic E-state index is 0.598. The van der Waals surface area contributed by atoms with Crippen LogP contribution in [0.3, 0.4) is 0 Å². The minimum Gasteiger partial charge on any atom is -0.143 e. The van der Waals surface area contributed by atoms with Crippen LogP contribution < -0.4 is 0 Å². The van der Waals surface area contributed by atoms with Crippen molar-refractivity contribution in [1.29, 1.82) is 0 Å². The highest BCUT2D eigenvalue weighted by atomic mass is 35.5. The summed E-state index contributed by atoms with van der Waals surface area (Å²) in [5.41, 5.74) is 1.27. The van der Waals surface area contributed by atoms with Crippen molar-refractivity contribution < 1.29 is 0 Å². The van der Waals surface area contributed by atoms with Gasteiger partial charge in [0.2, 0.25) is 0 Å². The maximum atomic E-state index is 5.78. The van der Waals surface area contributed by atoms with Gasteiger partial charge in [-0.15, -0.1) is 35.6 Å². The summed E-state index contributed by atoms with van der Waals surface area (Å²) in [6.45, 7) is 2.10. The van der Waals surface area contributed by atoms with Crippen molar-refractivity contribution in [1.82, 2.24) is 0 Å². The summed E-state index contributed by atoms with van der Waals surface area (Å²) in [4.78, 5) is 2.24. The zero-order valence-electron chi connectivity index (χ0n) is 7.17. The monoisotopic (exact) mass is 228 g/mol. The number of halogens is 1. The van der Waals surface area contributed by atoms with Gasteiger partial charge < -0.3 is 0 Å². The Labute approximate surface area is 91.9 Å². The molecule has 0 radical (unpaired) electrons. The predicted octanol–water partition coefficient (Wildman–Crippen LogP) is 4.24. The van der Waals surface area contributed by atoms with Gasteiger partial charge in [-0.2, -0.15) is 0 Å². The third kappa shape index (κ3) is 1.71. The maximum Gasteiger partial charge on any atom is 0.0568 e. The highest BCUT2D eigenvalue weighted by molar-refractivity contribution is 7.80. The summed E-state index contributed by atoms with van der Waals surface area (Å²) in [6, 6.07) is 6.33. The van der Waals surface area contributed by atoms with Crippen LogP contribution in [-0.4, -0.2) is 0 Å². The molecule has 2 aromatic rings.